The van der Waals surface area contributed by atoms with Crippen molar-refractivity contribution >= 4 is 33.4 Å². The van der Waals surface area contributed by atoms with Crippen molar-refractivity contribution in [2.45, 2.75) is 27.2 Å². The minimum Gasteiger partial charge on any atom is -0.351 e. The normalized spacial score (nSPS) is 11.4. The Bertz CT molecular complexity index is 418. The molecule has 1 rings (SSSR count). The molecule has 1 aromatic carbocycles. The van der Waals surface area contributed by atoms with Crippen molar-refractivity contribution in [3.8, 4) is 0 Å². The van der Waals surface area contributed by atoms with E-state index in [0.717, 1.165) is 10.9 Å². The number of benzene rings is 1. The molecular formula is C13H17BrClNO. The molecule has 1 aromatic rings. The Morgan fingerprint density at radius 2 is 2.12 bits per heavy atom. The van der Waals surface area contributed by atoms with Gasteiger partial charge in [-0.1, -0.05) is 32.4 Å². The second kappa shape index (κ2) is 5.87. The van der Waals surface area contributed by atoms with Crippen LogP contribution < -0.4 is 5.32 Å². The number of nitrogens with one attached hydrogen (secondary N) is 1. The maximum absolute atomic E-state index is 12.0. The Morgan fingerprint density at radius 1 is 1.47 bits per heavy atom. The summed E-state index contributed by atoms with van der Waals surface area (Å²) < 4.78 is 0.758. The van der Waals surface area contributed by atoms with Crippen LogP contribution >= 0.6 is 27.5 Å². The monoisotopic (exact) mass is 317 g/mol. The number of halogens is 2. The lowest BCUT2D eigenvalue weighted by Gasteiger charge is -2.23. The van der Waals surface area contributed by atoms with Gasteiger partial charge in [0, 0.05) is 16.0 Å². The van der Waals surface area contributed by atoms with Gasteiger partial charge < -0.3 is 5.32 Å². The first-order valence-electron chi connectivity index (χ1n) is 5.59. The average molecular weight is 319 g/mol. The predicted octanol–water partition coefficient (Wildman–Crippen LogP) is 4.27. The van der Waals surface area contributed by atoms with Crippen molar-refractivity contribution in [3.63, 3.8) is 0 Å². The van der Waals surface area contributed by atoms with E-state index in [9.17, 15) is 4.79 Å². The Hall–Kier alpha value is -0.540. The highest BCUT2D eigenvalue weighted by Gasteiger charge is 2.17. The molecule has 1 N–H and O–H groups in total. The second-order valence-corrected chi connectivity index (χ2v) is 6.12. The van der Waals surface area contributed by atoms with E-state index in [1.807, 2.05) is 0 Å². The molecule has 0 spiro atoms. The maximum Gasteiger partial charge on any atom is 0.252 e. The topological polar surface area (TPSA) is 29.1 Å². The molecule has 2 nitrogen and oxygen atoms in total. The quantitative estimate of drug-likeness (QED) is 0.882. The van der Waals surface area contributed by atoms with Gasteiger partial charge in [0.05, 0.1) is 5.56 Å². The highest BCUT2D eigenvalue weighted by Crippen LogP contribution is 2.22. The standard InChI is InChI=1S/C13H17BrClNO/c1-4-13(2,3)8-16-12(17)10-7-9(15)5-6-11(10)14/h5-7H,4,8H2,1-3H3,(H,16,17). The van der Waals surface area contributed by atoms with Gasteiger partial charge in [-0.15, -0.1) is 0 Å². The molecule has 0 saturated carbocycles. The van der Waals surface area contributed by atoms with Gasteiger partial charge in [-0.05, 0) is 46.0 Å². The summed E-state index contributed by atoms with van der Waals surface area (Å²) in [5.41, 5.74) is 0.685. The average Bonchev–Trinajstić information content (AvgIpc) is 2.29. The van der Waals surface area contributed by atoms with E-state index < -0.39 is 0 Å². The third kappa shape index (κ3) is 4.32. The Kier molecular flexibility index (Phi) is 5.02. The molecule has 0 heterocycles. The number of hydrogen-bond acceptors (Lipinski definition) is 1. The molecule has 0 fully saturated rings. The summed E-state index contributed by atoms with van der Waals surface area (Å²) in [4.78, 5) is 12.0. The molecule has 1 amide bonds. The molecule has 0 atom stereocenters. The molecule has 0 aliphatic heterocycles. The molecule has 0 bridgehead atoms. The van der Waals surface area contributed by atoms with Gasteiger partial charge in [0.25, 0.3) is 5.91 Å². The first-order chi connectivity index (χ1) is 7.85. The number of hydrogen-bond donors (Lipinski definition) is 1. The van der Waals surface area contributed by atoms with E-state index in [-0.39, 0.29) is 11.3 Å². The molecule has 0 radical (unpaired) electrons. The Morgan fingerprint density at radius 3 is 2.71 bits per heavy atom. The van der Waals surface area contributed by atoms with Gasteiger partial charge in [-0.25, -0.2) is 0 Å². The first kappa shape index (κ1) is 14.5. The fourth-order valence-corrected chi connectivity index (χ4v) is 1.81. The zero-order valence-electron chi connectivity index (χ0n) is 10.3. The summed E-state index contributed by atoms with van der Waals surface area (Å²) in [5.74, 6) is -0.0964. The van der Waals surface area contributed by atoms with Crippen LogP contribution in [0.15, 0.2) is 22.7 Å². The van der Waals surface area contributed by atoms with Gasteiger partial charge >= 0.3 is 0 Å². The zero-order valence-corrected chi connectivity index (χ0v) is 12.7. The van der Waals surface area contributed by atoms with Gasteiger partial charge in [-0.2, -0.15) is 0 Å². The number of carbonyl (C=O) groups is 1. The summed E-state index contributed by atoms with van der Waals surface area (Å²) >= 11 is 9.23. The van der Waals surface area contributed by atoms with Gasteiger partial charge in [0.2, 0.25) is 0 Å². The Labute approximate surface area is 116 Å². The SMILES string of the molecule is CCC(C)(C)CNC(=O)c1cc(Cl)ccc1Br. The number of amides is 1. The van der Waals surface area contributed by atoms with Crippen LogP contribution in [0.5, 0.6) is 0 Å². The van der Waals surface area contributed by atoms with Crippen LogP contribution in [0.3, 0.4) is 0 Å². The van der Waals surface area contributed by atoms with Crippen LogP contribution in [0.2, 0.25) is 5.02 Å². The summed E-state index contributed by atoms with van der Waals surface area (Å²) in [6.07, 6.45) is 1.02. The van der Waals surface area contributed by atoms with E-state index >= 15 is 0 Å². The van der Waals surface area contributed by atoms with Crippen LogP contribution in [0, 0.1) is 5.41 Å². The van der Waals surface area contributed by atoms with Crippen molar-refractivity contribution < 1.29 is 4.79 Å². The van der Waals surface area contributed by atoms with Crippen molar-refractivity contribution in [2.24, 2.45) is 5.41 Å². The highest BCUT2D eigenvalue weighted by atomic mass is 79.9. The predicted molar refractivity (Wildman–Crippen MR) is 75.6 cm³/mol. The fourth-order valence-electron chi connectivity index (χ4n) is 1.21. The molecule has 17 heavy (non-hydrogen) atoms. The molecule has 0 saturated heterocycles. The molecule has 4 heteroatoms. The van der Waals surface area contributed by atoms with E-state index in [1.54, 1.807) is 18.2 Å². The van der Waals surface area contributed by atoms with Gasteiger partial charge in [-0.3, -0.25) is 4.79 Å². The van der Waals surface area contributed by atoms with Crippen LogP contribution in [-0.4, -0.2) is 12.5 Å². The summed E-state index contributed by atoms with van der Waals surface area (Å²) in [6.45, 7) is 7.02. The molecule has 0 aromatic heterocycles. The maximum atomic E-state index is 12.0. The third-order valence-electron chi connectivity index (χ3n) is 2.86. The Balaban J connectivity index is 2.74. The van der Waals surface area contributed by atoms with Crippen LogP contribution in [0.25, 0.3) is 0 Å². The van der Waals surface area contributed by atoms with E-state index in [4.69, 9.17) is 11.6 Å². The number of carbonyl (C=O) groups excluding carboxylic acids is 1. The molecule has 0 aliphatic rings. The van der Waals surface area contributed by atoms with E-state index in [1.165, 1.54) is 0 Å². The minimum atomic E-state index is -0.0964. The van der Waals surface area contributed by atoms with E-state index in [2.05, 4.69) is 42.0 Å². The lowest BCUT2D eigenvalue weighted by Crippen LogP contribution is -2.33. The van der Waals surface area contributed by atoms with Crippen molar-refractivity contribution in [2.75, 3.05) is 6.54 Å². The first-order valence-corrected chi connectivity index (χ1v) is 6.76. The summed E-state index contributed by atoms with van der Waals surface area (Å²) in [7, 11) is 0. The molecule has 0 aliphatic carbocycles. The van der Waals surface area contributed by atoms with E-state index in [0.29, 0.717) is 17.1 Å². The smallest absolute Gasteiger partial charge is 0.252 e. The molecular weight excluding hydrogens is 302 g/mol. The largest absolute Gasteiger partial charge is 0.351 e. The van der Waals surface area contributed by atoms with Crippen LogP contribution in [0.1, 0.15) is 37.6 Å². The van der Waals surface area contributed by atoms with Crippen molar-refractivity contribution in [1.82, 2.24) is 5.32 Å². The lowest BCUT2D eigenvalue weighted by molar-refractivity contribution is 0.0935. The van der Waals surface area contributed by atoms with Gasteiger partial charge in [0.15, 0.2) is 0 Å². The fraction of sp³-hybridized carbons (Fsp3) is 0.462. The van der Waals surface area contributed by atoms with Crippen molar-refractivity contribution in [3.05, 3.63) is 33.3 Å². The zero-order chi connectivity index (χ0) is 13.1. The van der Waals surface area contributed by atoms with Crippen LogP contribution in [-0.2, 0) is 0 Å². The molecule has 94 valence electrons. The summed E-state index contributed by atoms with van der Waals surface area (Å²) in [5, 5.41) is 3.49. The molecule has 0 unspecified atom stereocenters. The third-order valence-corrected chi connectivity index (χ3v) is 3.78. The summed E-state index contributed by atoms with van der Waals surface area (Å²) in [6, 6.07) is 5.19. The highest BCUT2D eigenvalue weighted by molar-refractivity contribution is 9.10. The van der Waals surface area contributed by atoms with Gasteiger partial charge in [0.1, 0.15) is 0 Å². The minimum absolute atomic E-state index is 0.0964. The number of rotatable bonds is 4. The second-order valence-electron chi connectivity index (χ2n) is 4.82. The van der Waals surface area contributed by atoms with Crippen LogP contribution in [0.4, 0.5) is 0 Å². The lowest BCUT2D eigenvalue weighted by atomic mass is 9.90. The van der Waals surface area contributed by atoms with Crippen molar-refractivity contribution in [1.29, 1.82) is 0 Å².